The number of hydrogen-bond donors (Lipinski definition) is 3. The number of nitrogens with zero attached hydrogens (tertiary/aromatic N) is 5. The summed E-state index contributed by atoms with van der Waals surface area (Å²) in [5.41, 5.74) is 1.76. The molecule has 3 heterocycles. The second kappa shape index (κ2) is 13.3. The zero-order chi connectivity index (χ0) is 27.7. The van der Waals surface area contributed by atoms with Crippen molar-refractivity contribution in [2.24, 2.45) is 0 Å². The Bertz CT molecular complexity index is 1430. The zero-order valence-electron chi connectivity index (χ0n) is 22.0. The van der Waals surface area contributed by atoms with Crippen molar-refractivity contribution in [2.75, 3.05) is 50.2 Å². The number of halogens is 1. The van der Waals surface area contributed by atoms with Crippen molar-refractivity contribution in [3.63, 3.8) is 0 Å². The highest BCUT2D eigenvalue weighted by atomic mass is 19.1. The van der Waals surface area contributed by atoms with Gasteiger partial charge in [0.2, 0.25) is 5.91 Å². The van der Waals surface area contributed by atoms with Crippen molar-refractivity contribution in [3.05, 3.63) is 67.0 Å². The van der Waals surface area contributed by atoms with Gasteiger partial charge in [0.1, 0.15) is 30.3 Å². The highest BCUT2D eigenvalue weighted by Crippen LogP contribution is 2.26. The van der Waals surface area contributed by atoms with Crippen LogP contribution in [0.25, 0.3) is 10.9 Å². The molecule has 1 aliphatic heterocycles. The number of nitrogens with one attached hydrogen (secondary N) is 2. The Labute approximate surface area is 230 Å². The molecule has 4 aromatic rings. The lowest BCUT2D eigenvalue weighted by Crippen LogP contribution is -2.39. The van der Waals surface area contributed by atoms with Gasteiger partial charge in [0, 0.05) is 49.1 Å². The fraction of sp³-hybridized carbons (Fsp3) is 0.357. The van der Waals surface area contributed by atoms with E-state index < -0.39 is 5.82 Å². The topological polar surface area (TPSA) is 127 Å². The molecule has 0 bridgehead atoms. The van der Waals surface area contributed by atoms with Gasteiger partial charge in [-0.1, -0.05) is 6.07 Å². The number of aromatic nitrogens is 4. The molecule has 0 aliphatic carbocycles. The molecule has 2 aromatic carbocycles. The summed E-state index contributed by atoms with van der Waals surface area (Å²) in [6.45, 7) is 3.60. The Kier molecular flexibility index (Phi) is 9.11. The molecule has 0 saturated carbocycles. The van der Waals surface area contributed by atoms with Crippen LogP contribution in [-0.2, 0) is 16.1 Å². The molecule has 11 nitrogen and oxygen atoms in total. The highest BCUT2D eigenvalue weighted by molar-refractivity contribution is 5.92. The first-order valence-electron chi connectivity index (χ1n) is 13.2. The Hall–Kier alpha value is -4.13. The summed E-state index contributed by atoms with van der Waals surface area (Å²) in [5, 5.41) is 20.3. The van der Waals surface area contributed by atoms with Crippen molar-refractivity contribution in [3.8, 4) is 5.75 Å². The van der Waals surface area contributed by atoms with E-state index in [9.17, 15) is 14.3 Å². The summed E-state index contributed by atoms with van der Waals surface area (Å²) >= 11 is 0. The van der Waals surface area contributed by atoms with Gasteiger partial charge < -0.3 is 25.2 Å². The van der Waals surface area contributed by atoms with E-state index >= 15 is 0 Å². The summed E-state index contributed by atoms with van der Waals surface area (Å²) in [6, 6.07) is 11.7. The Morgan fingerprint density at radius 3 is 2.95 bits per heavy atom. The van der Waals surface area contributed by atoms with Gasteiger partial charge in [-0.05, 0) is 43.2 Å². The molecule has 1 fully saturated rings. The van der Waals surface area contributed by atoms with Gasteiger partial charge >= 0.3 is 0 Å². The van der Waals surface area contributed by atoms with Crippen LogP contribution in [0, 0.1) is 5.82 Å². The molecule has 1 atom stereocenters. The number of ether oxygens (including phenoxy) is 2. The number of carbonyl (C=O) groups excluding carboxylic acids is 1. The highest BCUT2D eigenvalue weighted by Gasteiger charge is 2.22. The van der Waals surface area contributed by atoms with Crippen LogP contribution in [0.1, 0.15) is 12.8 Å². The number of rotatable bonds is 13. The maximum absolute atomic E-state index is 13.3. The van der Waals surface area contributed by atoms with E-state index in [1.807, 2.05) is 18.2 Å². The third-order valence-corrected chi connectivity index (χ3v) is 6.59. The van der Waals surface area contributed by atoms with E-state index in [-0.39, 0.29) is 19.1 Å². The van der Waals surface area contributed by atoms with Crippen LogP contribution in [0.3, 0.4) is 0 Å². The van der Waals surface area contributed by atoms with E-state index in [2.05, 4.69) is 30.6 Å². The first kappa shape index (κ1) is 27.4. The smallest absolute Gasteiger partial charge is 0.246 e. The molecule has 1 saturated heterocycles. The summed E-state index contributed by atoms with van der Waals surface area (Å²) in [4.78, 5) is 23.3. The van der Waals surface area contributed by atoms with Gasteiger partial charge in [0.25, 0.3) is 0 Å². The largest absolute Gasteiger partial charge is 0.493 e. The number of anilines is 3. The number of aliphatic hydroxyl groups excluding tert-OH is 1. The van der Waals surface area contributed by atoms with Crippen molar-refractivity contribution in [1.29, 1.82) is 0 Å². The van der Waals surface area contributed by atoms with Gasteiger partial charge in [0.15, 0.2) is 0 Å². The van der Waals surface area contributed by atoms with E-state index in [0.717, 1.165) is 36.9 Å². The average Bonchev–Trinajstić information content (AvgIpc) is 3.63. The van der Waals surface area contributed by atoms with Crippen molar-refractivity contribution in [2.45, 2.75) is 25.4 Å². The van der Waals surface area contributed by atoms with Crippen LogP contribution in [0.15, 0.2) is 61.2 Å². The van der Waals surface area contributed by atoms with Crippen molar-refractivity contribution >= 4 is 34.0 Å². The summed E-state index contributed by atoms with van der Waals surface area (Å²) in [5.74, 6) is 0.565. The molecule has 1 unspecified atom stereocenters. The second-order valence-electron chi connectivity index (χ2n) is 9.49. The standard InChI is InChI=1S/C28H32FN7O4/c29-20-3-1-4-21(13-20)33-27(38)17-36-16-22(15-32-36)34-28-25-6-5-24(14-26(25)30-19-31-28)40-11-2-8-35(9-10-37)23-7-12-39-18-23/h1,3-6,13-16,19,23,37H,2,7-12,17-18H2,(H,33,38)(H,30,31,34). The van der Waals surface area contributed by atoms with E-state index in [1.54, 1.807) is 18.5 Å². The number of aliphatic hydroxyl groups is 1. The van der Waals surface area contributed by atoms with Gasteiger partial charge in [-0.15, -0.1) is 0 Å². The van der Waals surface area contributed by atoms with E-state index in [4.69, 9.17) is 9.47 Å². The molecule has 12 heteroatoms. The third-order valence-electron chi connectivity index (χ3n) is 6.59. The van der Waals surface area contributed by atoms with E-state index in [0.29, 0.717) is 48.7 Å². The van der Waals surface area contributed by atoms with Gasteiger partial charge in [-0.25, -0.2) is 14.4 Å². The van der Waals surface area contributed by atoms with Crippen LogP contribution < -0.4 is 15.4 Å². The zero-order valence-corrected chi connectivity index (χ0v) is 22.0. The Morgan fingerprint density at radius 1 is 1.20 bits per heavy atom. The monoisotopic (exact) mass is 549 g/mol. The lowest BCUT2D eigenvalue weighted by Gasteiger charge is -2.26. The lowest BCUT2D eigenvalue weighted by molar-refractivity contribution is -0.116. The van der Waals surface area contributed by atoms with Crippen molar-refractivity contribution < 1.29 is 23.8 Å². The maximum atomic E-state index is 13.3. The van der Waals surface area contributed by atoms with Crippen LogP contribution >= 0.6 is 0 Å². The molecule has 40 heavy (non-hydrogen) atoms. The van der Waals surface area contributed by atoms with Crippen LogP contribution in [0.2, 0.25) is 0 Å². The normalized spacial score (nSPS) is 15.0. The minimum Gasteiger partial charge on any atom is -0.493 e. The number of carbonyl (C=O) groups is 1. The summed E-state index contributed by atoms with van der Waals surface area (Å²) < 4.78 is 26.3. The fourth-order valence-electron chi connectivity index (χ4n) is 4.66. The number of benzene rings is 2. The first-order chi connectivity index (χ1) is 19.6. The van der Waals surface area contributed by atoms with Crippen LogP contribution in [0.4, 0.5) is 21.6 Å². The van der Waals surface area contributed by atoms with Gasteiger partial charge in [0.05, 0.1) is 37.2 Å². The predicted molar refractivity (Wildman–Crippen MR) is 148 cm³/mol. The fourth-order valence-corrected chi connectivity index (χ4v) is 4.66. The quantitative estimate of drug-likeness (QED) is 0.216. The summed E-state index contributed by atoms with van der Waals surface area (Å²) in [6.07, 6.45) is 6.58. The molecule has 5 rings (SSSR count). The molecule has 2 aromatic heterocycles. The molecular formula is C28H32FN7O4. The van der Waals surface area contributed by atoms with E-state index in [1.165, 1.54) is 29.2 Å². The minimum atomic E-state index is -0.421. The predicted octanol–water partition coefficient (Wildman–Crippen LogP) is 3.20. The molecule has 1 aliphatic rings. The summed E-state index contributed by atoms with van der Waals surface area (Å²) in [7, 11) is 0. The molecule has 0 spiro atoms. The first-order valence-corrected chi connectivity index (χ1v) is 13.2. The number of fused-ring (bicyclic) bond motifs is 1. The average molecular weight is 550 g/mol. The SMILES string of the molecule is O=C(Cn1cc(Nc2ncnc3cc(OCCCN(CCO)C4CCOC4)ccc23)cn1)Nc1cccc(F)c1. The number of hydrogen-bond acceptors (Lipinski definition) is 9. The lowest BCUT2D eigenvalue weighted by atomic mass is 10.2. The number of amides is 1. The van der Waals surface area contributed by atoms with Gasteiger partial charge in [-0.2, -0.15) is 5.10 Å². The molecule has 1 amide bonds. The maximum Gasteiger partial charge on any atom is 0.246 e. The minimum absolute atomic E-state index is 0.0321. The Balaban J connectivity index is 1.15. The second-order valence-corrected chi connectivity index (χ2v) is 9.49. The molecular weight excluding hydrogens is 517 g/mol. The molecule has 0 radical (unpaired) electrons. The van der Waals surface area contributed by atoms with Crippen LogP contribution in [-0.4, -0.2) is 81.2 Å². The van der Waals surface area contributed by atoms with Gasteiger partial charge in [-0.3, -0.25) is 14.4 Å². The third kappa shape index (κ3) is 7.29. The molecule has 3 N–H and O–H groups in total. The van der Waals surface area contributed by atoms with Crippen LogP contribution in [0.5, 0.6) is 5.75 Å². The van der Waals surface area contributed by atoms with Crippen molar-refractivity contribution in [1.82, 2.24) is 24.6 Å². The molecule has 210 valence electrons. The Morgan fingerprint density at radius 2 is 2.12 bits per heavy atom.